The number of rotatable bonds is 6. The first-order valence-electron chi connectivity index (χ1n) is 7.13. The number of hydrogen-bond acceptors (Lipinski definition) is 3. The monoisotopic (exact) mass is 295 g/mol. The molecule has 1 N–H and O–H groups in total. The highest BCUT2D eigenvalue weighted by molar-refractivity contribution is 5.84. The van der Waals surface area contributed by atoms with E-state index in [-0.39, 0.29) is 0 Å². The smallest absolute Gasteiger partial charge is 0.153 e. The first-order valence-corrected chi connectivity index (χ1v) is 7.13. The van der Waals surface area contributed by atoms with Crippen molar-refractivity contribution in [2.24, 2.45) is 0 Å². The van der Waals surface area contributed by atoms with Gasteiger partial charge in [-0.05, 0) is 35.9 Å². The molecule has 3 aromatic rings. The zero-order valence-corrected chi connectivity index (χ0v) is 12.3. The maximum atomic E-state index is 11.0. The molecule has 1 heterocycles. The lowest BCUT2D eigenvalue weighted by atomic mass is 10.1. The number of aromatic nitrogens is 1. The van der Waals surface area contributed by atoms with Crippen molar-refractivity contribution < 1.29 is 14.3 Å². The van der Waals surface area contributed by atoms with Gasteiger partial charge in [0.1, 0.15) is 11.5 Å². The van der Waals surface area contributed by atoms with Crippen LogP contribution in [0, 0.1) is 0 Å². The minimum Gasteiger partial charge on any atom is -0.497 e. The van der Waals surface area contributed by atoms with Crippen LogP contribution >= 0.6 is 0 Å². The molecule has 0 fully saturated rings. The van der Waals surface area contributed by atoms with E-state index in [2.05, 4.69) is 4.98 Å². The highest BCUT2D eigenvalue weighted by Crippen LogP contribution is 2.24. The Morgan fingerprint density at radius 3 is 2.86 bits per heavy atom. The Balaban J connectivity index is 1.73. The van der Waals surface area contributed by atoms with Crippen LogP contribution in [0.15, 0.2) is 48.7 Å². The Morgan fingerprint density at radius 2 is 2.05 bits per heavy atom. The van der Waals surface area contributed by atoms with Crippen molar-refractivity contribution in [3.8, 4) is 11.5 Å². The molecule has 0 bridgehead atoms. The fourth-order valence-electron chi connectivity index (χ4n) is 2.47. The fourth-order valence-corrected chi connectivity index (χ4v) is 2.47. The molecule has 0 aliphatic rings. The standard InChI is InChI=1S/C18H17NO3/c1-21-15-6-7-17-16(10-15)13(11-19-17)8-9-22-18-5-3-2-4-14(18)12-20/h2-7,10-12,19H,8-9H2,1H3. The number of para-hydroxylation sites is 1. The second kappa shape index (κ2) is 6.35. The third-order valence-electron chi connectivity index (χ3n) is 3.65. The number of aldehydes is 1. The van der Waals surface area contributed by atoms with E-state index in [1.165, 1.54) is 0 Å². The summed E-state index contributed by atoms with van der Waals surface area (Å²) in [5, 5.41) is 1.13. The molecule has 0 amide bonds. The SMILES string of the molecule is COc1ccc2[nH]cc(CCOc3ccccc3C=O)c2c1. The van der Waals surface area contributed by atoms with Gasteiger partial charge in [0.25, 0.3) is 0 Å². The number of fused-ring (bicyclic) bond motifs is 1. The highest BCUT2D eigenvalue weighted by atomic mass is 16.5. The molecule has 0 saturated carbocycles. The first kappa shape index (κ1) is 14.2. The Bertz CT molecular complexity index is 792. The number of carbonyl (C=O) groups is 1. The Hall–Kier alpha value is -2.75. The van der Waals surface area contributed by atoms with Gasteiger partial charge in [0.2, 0.25) is 0 Å². The Morgan fingerprint density at radius 1 is 1.18 bits per heavy atom. The van der Waals surface area contributed by atoms with Crippen molar-refractivity contribution in [3.05, 3.63) is 59.8 Å². The van der Waals surface area contributed by atoms with E-state index in [0.29, 0.717) is 17.9 Å². The molecule has 22 heavy (non-hydrogen) atoms. The fraction of sp³-hybridized carbons (Fsp3) is 0.167. The topological polar surface area (TPSA) is 51.3 Å². The molecular formula is C18H17NO3. The van der Waals surface area contributed by atoms with Gasteiger partial charge >= 0.3 is 0 Å². The summed E-state index contributed by atoms with van der Waals surface area (Å²) in [4.78, 5) is 14.2. The quantitative estimate of drug-likeness (QED) is 0.707. The van der Waals surface area contributed by atoms with Gasteiger partial charge in [-0.25, -0.2) is 0 Å². The van der Waals surface area contributed by atoms with Crippen LogP contribution in [-0.2, 0) is 6.42 Å². The van der Waals surface area contributed by atoms with Crippen LogP contribution in [0.2, 0.25) is 0 Å². The van der Waals surface area contributed by atoms with Crippen molar-refractivity contribution in [1.82, 2.24) is 4.98 Å². The summed E-state index contributed by atoms with van der Waals surface area (Å²) in [6, 6.07) is 13.2. The lowest BCUT2D eigenvalue weighted by Gasteiger charge is -2.08. The van der Waals surface area contributed by atoms with Gasteiger partial charge in [-0.2, -0.15) is 0 Å². The van der Waals surface area contributed by atoms with Gasteiger partial charge in [-0.3, -0.25) is 4.79 Å². The minimum atomic E-state index is 0.509. The van der Waals surface area contributed by atoms with E-state index in [0.717, 1.165) is 34.9 Å². The third kappa shape index (κ3) is 2.81. The Kier molecular flexibility index (Phi) is 4.10. The average Bonchev–Trinajstić information content (AvgIpc) is 2.97. The lowest BCUT2D eigenvalue weighted by molar-refractivity contribution is 0.111. The molecule has 0 aliphatic carbocycles. The number of benzene rings is 2. The summed E-state index contributed by atoms with van der Waals surface area (Å²) in [6.45, 7) is 0.509. The van der Waals surface area contributed by atoms with Gasteiger partial charge < -0.3 is 14.5 Å². The van der Waals surface area contributed by atoms with Crippen molar-refractivity contribution in [3.63, 3.8) is 0 Å². The lowest BCUT2D eigenvalue weighted by Crippen LogP contribution is -2.02. The highest BCUT2D eigenvalue weighted by Gasteiger charge is 2.06. The number of methoxy groups -OCH3 is 1. The van der Waals surface area contributed by atoms with Gasteiger partial charge in [0, 0.05) is 23.5 Å². The molecular weight excluding hydrogens is 278 g/mol. The second-order valence-corrected chi connectivity index (χ2v) is 4.98. The summed E-state index contributed by atoms with van der Waals surface area (Å²) >= 11 is 0. The molecule has 0 saturated heterocycles. The number of nitrogens with one attached hydrogen (secondary N) is 1. The summed E-state index contributed by atoms with van der Waals surface area (Å²) in [5.74, 6) is 1.45. The van der Waals surface area contributed by atoms with Gasteiger partial charge in [0.05, 0.1) is 19.3 Å². The van der Waals surface area contributed by atoms with Crippen LogP contribution in [0.1, 0.15) is 15.9 Å². The van der Waals surface area contributed by atoms with Crippen molar-refractivity contribution in [2.75, 3.05) is 13.7 Å². The zero-order chi connectivity index (χ0) is 15.4. The number of hydrogen-bond donors (Lipinski definition) is 1. The molecule has 4 heteroatoms. The zero-order valence-electron chi connectivity index (χ0n) is 12.3. The van der Waals surface area contributed by atoms with Crippen LogP contribution in [0.4, 0.5) is 0 Å². The number of carbonyl (C=O) groups excluding carboxylic acids is 1. The van der Waals surface area contributed by atoms with E-state index in [1.807, 2.05) is 42.6 Å². The van der Waals surface area contributed by atoms with Gasteiger partial charge in [0.15, 0.2) is 6.29 Å². The van der Waals surface area contributed by atoms with Crippen LogP contribution in [0.25, 0.3) is 10.9 Å². The number of H-pyrrole nitrogens is 1. The molecule has 112 valence electrons. The maximum absolute atomic E-state index is 11.0. The van der Waals surface area contributed by atoms with Crippen molar-refractivity contribution in [1.29, 1.82) is 0 Å². The van der Waals surface area contributed by atoms with Crippen molar-refractivity contribution >= 4 is 17.2 Å². The molecule has 3 rings (SSSR count). The van der Waals surface area contributed by atoms with Crippen LogP contribution in [-0.4, -0.2) is 25.0 Å². The molecule has 0 radical (unpaired) electrons. The minimum absolute atomic E-state index is 0.509. The van der Waals surface area contributed by atoms with Gasteiger partial charge in [-0.1, -0.05) is 12.1 Å². The predicted octanol–water partition coefficient (Wildman–Crippen LogP) is 3.61. The first-order chi connectivity index (χ1) is 10.8. The largest absolute Gasteiger partial charge is 0.497 e. The van der Waals surface area contributed by atoms with Gasteiger partial charge in [-0.15, -0.1) is 0 Å². The average molecular weight is 295 g/mol. The van der Waals surface area contributed by atoms with Crippen molar-refractivity contribution in [2.45, 2.75) is 6.42 Å². The third-order valence-corrected chi connectivity index (χ3v) is 3.65. The predicted molar refractivity (Wildman–Crippen MR) is 85.9 cm³/mol. The molecule has 0 spiro atoms. The molecule has 0 atom stereocenters. The molecule has 1 aromatic heterocycles. The summed E-state index contributed by atoms with van der Waals surface area (Å²) in [6.07, 6.45) is 3.55. The summed E-state index contributed by atoms with van der Waals surface area (Å²) in [5.41, 5.74) is 2.81. The van der Waals surface area contributed by atoms with Crippen LogP contribution in [0.3, 0.4) is 0 Å². The van der Waals surface area contributed by atoms with Crippen LogP contribution in [0.5, 0.6) is 11.5 Å². The summed E-state index contributed by atoms with van der Waals surface area (Å²) < 4.78 is 11.0. The summed E-state index contributed by atoms with van der Waals surface area (Å²) in [7, 11) is 1.66. The van der Waals surface area contributed by atoms with Crippen LogP contribution < -0.4 is 9.47 Å². The number of ether oxygens (including phenoxy) is 2. The normalized spacial score (nSPS) is 10.6. The second-order valence-electron chi connectivity index (χ2n) is 4.98. The Labute approximate surface area is 128 Å². The maximum Gasteiger partial charge on any atom is 0.153 e. The van der Waals surface area contributed by atoms with E-state index in [4.69, 9.17) is 9.47 Å². The molecule has 2 aromatic carbocycles. The van der Waals surface area contributed by atoms with E-state index in [1.54, 1.807) is 13.2 Å². The number of aromatic amines is 1. The molecule has 4 nitrogen and oxygen atoms in total. The molecule has 0 unspecified atom stereocenters. The van der Waals surface area contributed by atoms with E-state index in [9.17, 15) is 4.79 Å². The van der Waals surface area contributed by atoms with E-state index < -0.39 is 0 Å². The van der Waals surface area contributed by atoms with E-state index >= 15 is 0 Å². The molecule has 0 aliphatic heterocycles.